The number of aromatic nitrogens is 3. The van der Waals surface area contributed by atoms with Crippen LogP contribution in [0.2, 0.25) is 0 Å². The molecule has 0 fully saturated rings. The Bertz CT molecular complexity index is 1350. The number of nitrogens with zero attached hydrogens (tertiary/aromatic N) is 2. The van der Waals surface area contributed by atoms with Crippen LogP contribution >= 0.6 is 0 Å². The fraction of sp³-hybridized carbons (Fsp3) is 0.250. The number of hydrogen-bond acceptors (Lipinski definition) is 4. The van der Waals surface area contributed by atoms with Crippen molar-refractivity contribution in [3.8, 4) is 5.75 Å². The van der Waals surface area contributed by atoms with Crippen molar-refractivity contribution >= 4 is 10.9 Å². The maximum Gasteiger partial charge on any atom is 0.449 e. The number of halogens is 3. The first-order valence-electron chi connectivity index (χ1n) is 10.6. The van der Waals surface area contributed by atoms with Crippen molar-refractivity contribution < 1.29 is 17.9 Å². The summed E-state index contributed by atoms with van der Waals surface area (Å²) in [5.74, 6) is -0.490. The summed E-state index contributed by atoms with van der Waals surface area (Å²) < 4.78 is 44.8. The van der Waals surface area contributed by atoms with Crippen LogP contribution in [0.25, 0.3) is 10.9 Å². The predicted molar refractivity (Wildman–Crippen MR) is 117 cm³/mol. The van der Waals surface area contributed by atoms with E-state index in [1.807, 2.05) is 64.6 Å². The number of benzene rings is 2. The van der Waals surface area contributed by atoms with Crippen molar-refractivity contribution in [3.63, 3.8) is 0 Å². The van der Waals surface area contributed by atoms with Crippen molar-refractivity contribution in [3.05, 3.63) is 93.3 Å². The lowest BCUT2D eigenvalue weighted by molar-refractivity contribution is -0.145. The van der Waals surface area contributed by atoms with Gasteiger partial charge in [0.15, 0.2) is 0 Å². The third kappa shape index (κ3) is 4.49. The Morgan fingerprint density at radius 2 is 1.94 bits per heavy atom. The van der Waals surface area contributed by atoms with Crippen molar-refractivity contribution in [1.29, 1.82) is 0 Å². The maximum absolute atomic E-state index is 12.9. The van der Waals surface area contributed by atoms with E-state index in [4.69, 9.17) is 4.74 Å². The van der Waals surface area contributed by atoms with Gasteiger partial charge in [-0.25, -0.2) is 4.98 Å². The van der Waals surface area contributed by atoms with Gasteiger partial charge in [-0.15, -0.1) is 0 Å². The Balaban J connectivity index is 1.33. The third-order valence-electron chi connectivity index (χ3n) is 5.80. The average molecular weight is 454 g/mol. The molecule has 0 atom stereocenters. The highest BCUT2D eigenvalue weighted by Gasteiger charge is 2.36. The van der Waals surface area contributed by atoms with Crippen LogP contribution in [-0.2, 0) is 32.3 Å². The second-order valence-electron chi connectivity index (χ2n) is 8.09. The van der Waals surface area contributed by atoms with Gasteiger partial charge in [0.25, 0.3) is 5.56 Å². The van der Waals surface area contributed by atoms with Gasteiger partial charge in [0, 0.05) is 43.2 Å². The van der Waals surface area contributed by atoms with Crippen LogP contribution in [0.1, 0.15) is 28.2 Å². The Morgan fingerprint density at radius 3 is 2.73 bits per heavy atom. The number of alkyl halides is 3. The van der Waals surface area contributed by atoms with E-state index in [1.54, 1.807) is 0 Å². The van der Waals surface area contributed by atoms with Crippen LogP contribution < -0.4 is 10.3 Å². The van der Waals surface area contributed by atoms with E-state index in [9.17, 15) is 18.0 Å². The molecule has 6 nitrogen and oxygen atoms in total. The number of ether oxygens (including phenoxy) is 1. The van der Waals surface area contributed by atoms with Crippen LogP contribution in [0, 0.1) is 0 Å². The third-order valence-corrected chi connectivity index (χ3v) is 5.80. The average Bonchev–Trinajstić information content (AvgIpc) is 3.20. The summed E-state index contributed by atoms with van der Waals surface area (Å²) in [7, 11) is 0. The van der Waals surface area contributed by atoms with Crippen LogP contribution in [0.4, 0.5) is 13.2 Å². The molecule has 2 aromatic heterocycles. The minimum atomic E-state index is -4.67. The van der Waals surface area contributed by atoms with Gasteiger partial charge in [0.05, 0.1) is 11.3 Å². The lowest BCUT2D eigenvalue weighted by Crippen LogP contribution is -2.36. The molecular weight excluding hydrogens is 433 g/mol. The molecule has 4 aromatic rings. The summed E-state index contributed by atoms with van der Waals surface area (Å²) in [6, 6.07) is 15.7. The molecule has 170 valence electrons. The standard InChI is InChI=1S/C24H21F3N4O2/c25-24(26,27)23-29-21-8-9-31(13-19(21)22(32)30-23)12-16-11-28-20-7-6-17(10-18(16)20)33-14-15-4-2-1-3-5-15/h1-7,10-11,28H,8-9,12-14H2,(H,29,30,32). The fourth-order valence-electron chi connectivity index (χ4n) is 4.11. The molecule has 0 bridgehead atoms. The van der Waals surface area contributed by atoms with Crippen LogP contribution in [0.3, 0.4) is 0 Å². The maximum atomic E-state index is 12.9. The summed E-state index contributed by atoms with van der Waals surface area (Å²) in [5.41, 5.74) is 2.84. The normalized spacial score (nSPS) is 14.4. The van der Waals surface area contributed by atoms with E-state index in [1.165, 1.54) is 0 Å². The summed E-state index contributed by atoms with van der Waals surface area (Å²) in [5, 5.41) is 1.01. The number of hydrogen-bond donors (Lipinski definition) is 2. The Hall–Kier alpha value is -3.59. The second kappa shape index (κ2) is 8.40. The van der Waals surface area contributed by atoms with E-state index >= 15 is 0 Å². The van der Waals surface area contributed by atoms with Crippen LogP contribution in [0.5, 0.6) is 5.75 Å². The molecule has 3 heterocycles. The number of fused-ring (bicyclic) bond motifs is 2. The van der Waals surface area contributed by atoms with Gasteiger partial charge in [-0.2, -0.15) is 13.2 Å². The highest BCUT2D eigenvalue weighted by atomic mass is 19.4. The van der Waals surface area contributed by atoms with Crippen LogP contribution in [0.15, 0.2) is 59.5 Å². The molecule has 33 heavy (non-hydrogen) atoms. The molecule has 2 aromatic carbocycles. The van der Waals surface area contributed by atoms with E-state index < -0.39 is 17.6 Å². The van der Waals surface area contributed by atoms with Gasteiger partial charge in [-0.05, 0) is 29.3 Å². The zero-order valence-corrected chi connectivity index (χ0v) is 17.6. The molecule has 0 aliphatic carbocycles. The molecule has 0 amide bonds. The Labute approximate surface area is 187 Å². The largest absolute Gasteiger partial charge is 0.489 e. The molecule has 5 rings (SSSR count). The molecular formula is C24H21F3N4O2. The van der Waals surface area contributed by atoms with E-state index in [2.05, 4.69) is 9.97 Å². The Morgan fingerprint density at radius 1 is 1.12 bits per heavy atom. The zero-order chi connectivity index (χ0) is 23.0. The Kier molecular flexibility index (Phi) is 5.41. The minimum absolute atomic E-state index is 0.220. The molecule has 0 saturated heterocycles. The first kappa shape index (κ1) is 21.3. The molecule has 1 aliphatic heterocycles. The monoisotopic (exact) mass is 454 g/mol. The van der Waals surface area contributed by atoms with Gasteiger partial charge in [0.2, 0.25) is 5.82 Å². The first-order valence-corrected chi connectivity index (χ1v) is 10.6. The molecule has 1 aliphatic rings. The number of aromatic amines is 2. The van der Waals surface area contributed by atoms with Crippen molar-refractivity contribution in [2.75, 3.05) is 6.54 Å². The molecule has 0 spiro atoms. The van der Waals surface area contributed by atoms with Gasteiger partial charge in [0.1, 0.15) is 12.4 Å². The smallest absolute Gasteiger partial charge is 0.449 e. The topological polar surface area (TPSA) is 74.0 Å². The van der Waals surface area contributed by atoms with Crippen molar-refractivity contribution in [1.82, 2.24) is 19.9 Å². The van der Waals surface area contributed by atoms with Crippen LogP contribution in [-0.4, -0.2) is 26.4 Å². The fourth-order valence-corrected chi connectivity index (χ4v) is 4.11. The SMILES string of the molecule is O=c1[nH]c(C(F)(F)F)nc2c1CN(Cc1c[nH]c3ccc(OCc4ccccc4)cc13)CC2. The number of H-pyrrole nitrogens is 2. The van der Waals surface area contributed by atoms with Gasteiger partial charge in [-0.3, -0.25) is 9.69 Å². The lowest BCUT2D eigenvalue weighted by atomic mass is 10.1. The van der Waals surface area contributed by atoms with Gasteiger partial charge < -0.3 is 14.7 Å². The number of nitrogens with one attached hydrogen (secondary N) is 2. The summed E-state index contributed by atoms with van der Waals surface area (Å²) >= 11 is 0. The van der Waals surface area contributed by atoms with E-state index in [0.29, 0.717) is 25.3 Å². The van der Waals surface area contributed by atoms with Crippen molar-refractivity contribution in [2.45, 2.75) is 32.3 Å². The first-order chi connectivity index (χ1) is 15.9. The lowest BCUT2D eigenvalue weighted by Gasteiger charge is -2.27. The van der Waals surface area contributed by atoms with Gasteiger partial charge in [-0.1, -0.05) is 30.3 Å². The highest BCUT2D eigenvalue weighted by Crippen LogP contribution is 2.28. The summed E-state index contributed by atoms with van der Waals surface area (Å²) in [6.07, 6.45) is -2.47. The zero-order valence-electron chi connectivity index (χ0n) is 17.6. The van der Waals surface area contributed by atoms with Crippen molar-refractivity contribution in [2.24, 2.45) is 0 Å². The molecule has 0 saturated carbocycles. The molecule has 2 N–H and O–H groups in total. The van der Waals surface area contributed by atoms with Gasteiger partial charge >= 0.3 is 6.18 Å². The van der Waals surface area contributed by atoms with E-state index in [0.717, 1.165) is 27.8 Å². The predicted octanol–water partition coefficient (Wildman–Crippen LogP) is 4.41. The number of rotatable bonds is 5. The summed E-state index contributed by atoms with van der Waals surface area (Å²) in [6.45, 7) is 1.76. The summed E-state index contributed by atoms with van der Waals surface area (Å²) in [4.78, 5) is 23.1. The van der Waals surface area contributed by atoms with E-state index in [-0.39, 0.29) is 18.7 Å². The molecule has 9 heteroatoms. The minimum Gasteiger partial charge on any atom is -0.489 e. The quantitative estimate of drug-likeness (QED) is 0.469. The second-order valence-corrected chi connectivity index (χ2v) is 8.09. The molecule has 0 radical (unpaired) electrons. The highest BCUT2D eigenvalue weighted by molar-refractivity contribution is 5.84. The molecule has 0 unspecified atom stereocenters.